The van der Waals surface area contributed by atoms with Gasteiger partial charge in [0.15, 0.2) is 5.82 Å². The molecule has 3 aromatic rings. The number of aryl methyl sites for hydroxylation is 1. The standard InChI is InChI=1S/C22H28N4/c1-4-26(5-2)16-8-15-23-22-19-9-6-7-10-20(19)24-21(25-22)18-13-11-17(3)12-14-18/h6-7,9-14H,4-5,8,15-16H2,1-3H3,(H,23,24,25). The lowest BCUT2D eigenvalue weighted by Crippen LogP contribution is -2.25. The van der Waals surface area contributed by atoms with Crippen molar-refractivity contribution in [3.05, 3.63) is 54.1 Å². The molecule has 1 heterocycles. The highest BCUT2D eigenvalue weighted by Crippen LogP contribution is 2.25. The molecule has 0 aliphatic carbocycles. The van der Waals surface area contributed by atoms with Gasteiger partial charge in [-0.2, -0.15) is 0 Å². The zero-order valence-corrected chi connectivity index (χ0v) is 16.0. The molecule has 3 rings (SSSR count). The van der Waals surface area contributed by atoms with Gasteiger partial charge in [-0.1, -0.05) is 55.8 Å². The first-order valence-electron chi connectivity index (χ1n) is 9.51. The van der Waals surface area contributed by atoms with Gasteiger partial charge in [-0.3, -0.25) is 0 Å². The maximum atomic E-state index is 4.82. The number of anilines is 1. The molecule has 0 bridgehead atoms. The van der Waals surface area contributed by atoms with Crippen molar-refractivity contribution in [3.8, 4) is 11.4 Å². The Balaban J connectivity index is 1.82. The molecule has 0 unspecified atom stereocenters. The second kappa shape index (κ2) is 8.77. The third-order valence-electron chi connectivity index (χ3n) is 4.75. The molecular weight excluding hydrogens is 320 g/mol. The SMILES string of the molecule is CCN(CC)CCCNc1nc(-c2ccc(C)cc2)nc2ccccc12. The van der Waals surface area contributed by atoms with E-state index in [-0.39, 0.29) is 0 Å². The largest absolute Gasteiger partial charge is 0.369 e. The smallest absolute Gasteiger partial charge is 0.162 e. The summed E-state index contributed by atoms with van der Waals surface area (Å²) in [6.45, 7) is 10.7. The van der Waals surface area contributed by atoms with E-state index >= 15 is 0 Å². The van der Waals surface area contributed by atoms with E-state index < -0.39 is 0 Å². The Bertz CT molecular complexity index is 838. The molecule has 2 aromatic carbocycles. The first-order chi connectivity index (χ1) is 12.7. The molecular formula is C22H28N4. The lowest BCUT2D eigenvalue weighted by molar-refractivity contribution is 0.303. The number of para-hydroxylation sites is 1. The Morgan fingerprint density at radius 3 is 2.38 bits per heavy atom. The van der Waals surface area contributed by atoms with Crippen molar-refractivity contribution in [2.75, 3.05) is 31.5 Å². The van der Waals surface area contributed by atoms with Crippen LogP contribution in [0.4, 0.5) is 5.82 Å². The van der Waals surface area contributed by atoms with Gasteiger partial charge < -0.3 is 10.2 Å². The number of hydrogen-bond donors (Lipinski definition) is 1. The van der Waals surface area contributed by atoms with Crippen LogP contribution in [0, 0.1) is 6.92 Å². The van der Waals surface area contributed by atoms with Gasteiger partial charge in [0.1, 0.15) is 5.82 Å². The van der Waals surface area contributed by atoms with E-state index in [2.05, 4.69) is 67.4 Å². The van der Waals surface area contributed by atoms with Crippen LogP contribution in [0.5, 0.6) is 0 Å². The summed E-state index contributed by atoms with van der Waals surface area (Å²) in [4.78, 5) is 12.0. The molecule has 0 fully saturated rings. The third-order valence-corrected chi connectivity index (χ3v) is 4.75. The fourth-order valence-corrected chi connectivity index (χ4v) is 3.09. The van der Waals surface area contributed by atoms with Crippen molar-refractivity contribution >= 4 is 16.7 Å². The van der Waals surface area contributed by atoms with Gasteiger partial charge in [-0.25, -0.2) is 9.97 Å². The monoisotopic (exact) mass is 348 g/mol. The fourth-order valence-electron chi connectivity index (χ4n) is 3.09. The molecule has 0 amide bonds. The van der Waals surface area contributed by atoms with Crippen molar-refractivity contribution in [3.63, 3.8) is 0 Å². The molecule has 26 heavy (non-hydrogen) atoms. The van der Waals surface area contributed by atoms with Crippen LogP contribution in [0.2, 0.25) is 0 Å². The molecule has 136 valence electrons. The third kappa shape index (κ3) is 4.38. The van der Waals surface area contributed by atoms with Gasteiger partial charge >= 0.3 is 0 Å². The van der Waals surface area contributed by atoms with Crippen molar-refractivity contribution in [1.82, 2.24) is 14.9 Å². The molecule has 0 spiro atoms. The highest BCUT2D eigenvalue weighted by atomic mass is 15.1. The molecule has 0 aliphatic rings. The zero-order valence-electron chi connectivity index (χ0n) is 16.0. The summed E-state index contributed by atoms with van der Waals surface area (Å²) in [5.74, 6) is 1.70. The van der Waals surface area contributed by atoms with Crippen LogP contribution in [-0.2, 0) is 0 Å². The number of benzene rings is 2. The van der Waals surface area contributed by atoms with Crippen molar-refractivity contribution in [2.45, 2.75) is 27.2 Å². The maximum Gasteiger partial charge on any atom is 0.162 e. The summed E-state index contributed by atoms with van der Waals surface area (Å²) >= 11 is 0. The van der Waals surface area contributed by atoms with Crippen LogP contribution < -0.4 is 5.32 Å². The van der Waals surface area contributed by atoms with E-state index in [1.165, 1.54) is 5.56 Å². The van der Waals surface area contributed by atoms with Gasteiger partial charge in [0.05, 0.1) is 5.52 Å². The Hall–Kier alpha value is -2.46. The van der Waals surface area contributed by atoms with Crippen molar-refractivity contribution in [1.29, 1.82) is 0 Å². The normalized spacial score (nSPS) is 11.2. The Morgan fingerprint density at radius 2 is 1.65 bits per heavy atom. The van der Waals surface area contributed by atoms with E-state index in [1.807, 2.05) is 12.1 Å². The average Bonchev–Trinajstić information content (AvgIpc) is 2.68. The molecule has 0 radical (unpaired) electrons. The summed E-state index contributed by atoms with van der Waals surface area (Å²) in [6, 6.07) is 16.6. The molecule has 0 saturated carbocycles. The predicted molar refractivity (Wildman–Crippen MR) is 111 cm³/mol. The summed E-state index contributed by atoms with van der Waals surface area (Å²) in [5, 5.41) is 4.61. The van der Waals surface area contributed by atoms with E-state index in [1.54, 1.807) is 0 Å². The highest BCUT2D eigenvalue weighted by Gasteiger charge is 2.09. The Kier molecular flexibility index (Phi) is 6.18. The van der Waals surface area contributed by atoms with Crippen LogP contribution in [0.1, 0.15) is 25.8 Å². The number of rotatable bonds is 8. The van der Waals surface area contributed by atoms with Gasteiger partial charge in [0.2, 0.25) is 0 Å². The van der Waals surface area contributed by atoms with Gasteiger partial charge in [-0.15, -0.1) is 0 Å². The summed E-state index contributed by atoms with van der Waals surface area (Å²) < 4.78 is 0. The molecule has 0 saturated heterocycles. The van der Waals surface area contributed by atoms with Crippen LogP contribution in [-0.4, -0.2) is 41.0 Å². The van der Waals surface area contributed by atoms with Crippen LogP contribution in [0.25, 0.3) is 22.3 Å². The minimum atomic E-state index is 0.773. The zero-order chi connectivity index (χ0) is 18.4. The topological polar surface area (TPSA) is 41.0 Å². The van der Waals surface area contributed by atoms with Gasteiger partial charge in [0.25, 0.3) is 0 Å². The van der Waals surface area contributed by atoms with Gasteiger partial charge in [-0.05, 0) is 45.1 Å². The minimum Gasteiger partial charge on any atom is -0.369 e. The lowest BCUT2D eigenvalue weighted by atomic mass is 10.1. The molecule has 0 aliphatic heterocycles. The minimum absolute atomic E-state index is 0.773. The summed E-state index contributed by atoms with van der Waals surface area (Å²) in [5.41, 5.74) is 3.26. The van der Waals surface area contributed by atoms with E-state index in [0.29, 0.717) is 0 Å². The molecule has 1 aromatic heterocycles. The first kappa shape index (κ1) is 18.3. The fraction of sp³-hybridized carbons (Fsp3) is 0.364. The second-order valence-electron chi connectivity index (χ2n) is 6.59. The van der Waals surface area contributed by atoms with E-state index in [4.69, 9.17) is 9.97 Å². The number of aromatic nitrogens is 2. The Morgan fingerprint density at radius 1 is 0.923 bits per heavy atom. The summed E-state index contributed by atoms with van der Waals surface area (Å²) in [6.07, 6.45) is 1.10. The predicted octanol–water partition coefficient (Wildman–Crippen LogP) is 4.75. The second-order valence-corrected chi connectivity index (χ2v) is 6.59. The average molecular weight is 348 g/mol. The molecule has 0 atom stereocenters. The Labute approximate surface area is 156 Å². The number of nitrogens with one attached hydrogen (secondary N) is 1. The maximum absolute atomic E-state index is 4.82. The van der Waals surface area contributed by atoms with Crippen molar-refractivity contribution in [2.24, 2.45) is 0 Å². The van der Waals surface area contributed by atoms with Gasteiger partial charge in [0, 0.05) is 17.5 Å². The van der Waals surface area contributed by atoms with E-state index in [9.17, 15) is 0 Å². The quantitative estimate of drug-likeness (QED) is 0.597. The van der Waals surface area contributed by atoms with Crippen LogP contribution in [0.3, 0.4) is 0 Å². The van der Waals surface area contributed by atoms with Crippen molar-refractivity contribution < 1.29 is 0 Å². The van der Waals surface area contributed by atoms with Crippen LogP contribution >= 0.6 is 0 Å². The van der Waals surface area contributed by atoms with Crippen LogP contribution in [0.15, 0.2) is 48.5 Å². The lowest BCUT2D eigenvalue weighted by Gasteiger charge is -2.18. The highest BCUT2D eigenvalue weighted by molar-refractivity contribution is 5.90. The summed E-state index contributed by atoms with van der Waals surface area (Å²) in [7, 11) is 0. The molecule has 1 N–H and O–H groups in total. The number of fused-ring (bicyclic) bond motifs is 1. The first-order valence-corrected chi connectivity index (χ1v) is 9.51. The molecule has 4 nitrogen and oxygen atoms in total. The number of nitrogens with zero attached hydrogens (tertiary/aromatic N) is 3. The molecule has 4 heteroatoms. The van der Waals surface area contributed by atoms with E-state index in [0.717, 1.165) is 60.7 Å². The number of hydrogen-bond acceptors (Lipinski definition) is 4.